The third-order valence-electron chi connectivity index (χ3n) is 5.29. The molecule has 1 aliphatic rings. The molecule has 4 nitrogen and oxygen atoms in total. The second-order valence-corrected chi connectivity index (χ2v) is 8.81. The van der Waals surface area contributed by atoms with Gasteiger partial charge in [0.25, 0.3) is 5.91 Å². The van der Waals surface area contributed by atoms with Gasteiger partial charge in [0.1, 0.15) is 0 Å². The number of nitrogens with zero attached hydrogens (tertiary/aromatic N) is 2. The smallest absolute Gasteiger partial charge is 0.264 e. The second kappa shape index (κ2) is 8.17. The van der Waals surface area contributed by atoms with Crippen molar-refractivity contribution in [2.45, 2.75) is 27.7 Å². The Labute approximate surface area is 185 Å². The molecule has 0 spiro atoms. The fourth-order valence-corrected chi connectivity index (χ4v) is 4.46. The molecule has 1 aliphatic heterocycles. The maximum absolute atomic E-state index is 12.5. The van der Waals surface area contributed by atoms with Crippen LogP contribution in [-0.4, -0.2) is 15.6 Å². The van der Waals surface area contributed by atoms with Crippen LogP contribution < -0.4 is 5.32 Å². The number of carbonyl (C=O) groups is 1. The second-order valence-electron chi connectivity index (χ2n) is 7.34. The molecule has 0 atom stereocenters. The van der Waals surface area contributed by atoms with Crippen LogP contribution in [0.3, 0.4) is 0 Å². The van der Waals surface area contributed by atoms with Gasteiger partial charge in [0.05, 0.1) is 10.6 Å². The maximum Gasteiger partial charge on any atom is 0.264 e. The number of aliphatic imine (C=N–C) groups is 1. The molecule has 0 bridgehead atoms. The number of carbonyl (C=O) groups excluding carboxylic acids is 1. The molecule has 0 aliphatic carbocycles. The number of hydrogen-bond acceptors (Lipinski definition) is 3. The number of hydrogen-bond donors (Lipinski definition) is 1. The van der Waals surface area contributed by atoms with E-state index in [4.69, 9.17) is 11.6 Å². The molecule has 0 radical (unpaired) electrons. The van der Waals surface area contributed by atoms with Crippen LogP contribution in [0.2, 0.25) is 5.02 Å². The fourth-order valence-electron chi connectivity index (χ4n) is 3.51. The molecule has 152 valence electrons. The number of amides is 1. The van der Waals surface area contributed by atoms with E-state index in [0.29, 0.717) is 15.1 Å². The Balaban J connectivity index is 1.65. The number of amidine groups is 1. The van der Waals surface area contributed by atoms with Crippen LogP contribution in [0.1, 0.15) is 28.1 Å². The number of halogens is 1. The first kappa shape index (κ1) is 20.5. The minimum atomic E-state index is -0.125. The maximum atomic E-state index is 12.5. The van der Waals surface area contributed by atoms with Gasteiger partial charge in [-0.3, -0.25) is 4.79 Å². The zero-order chi connectivity index (χ0) is 21.4. The molecule has 0 saturated carbocycles. The first-order valence-electron chi connectivity index (χ1n) is 9.64. The summed E-state index contributed by atoms with van der Waals surface area (Å²) in [5.74, 6) is -0.125. The van der Waals surface area contributed by atoms with Crippen LogP contribution in [0, 0.1) is 27.7 Å². The number of aryl methyl sites for hydroxylation is 2. The van der Waals surface area contributed by atoms with Crippen molar-refractivity contribution in [2.24, 2.45) is 4.99 Å². The van der Waals surface area contributed by atoms with Crippen LogP contribution in [0.4, 0.5) is 5.69 Å². The van der Waals surface area contributed by atoms with Gasteiger partial charge in [-0.2, -0.15) is 0 Å². The van der Waals surface area contributed by atoms with E-state index in [1.807, 2.05) is 49.4 Å². The van der Waals surface area contributed by atoms with Crippen LogP contribution in [0.5, 0.6) is 0 Å². The molecule has 2 heterocycles. The van der Waals surface area contributed by atoms with Crippen LogP contribution >= 0.6 is 23.4 Å². The van der Waals surface area contributed by atoms with Gasteiger partial charge in [0.15, 0.2) is 5.17 Å². The lowest BCUT2D eigenvalue weighted by Crippen LogP contribution is -2.19. The van der Waals surface area contributed by atoms with Crippen molar-refractivity contribution in [3.63, 3.8) is 0 Å². The summed E-state index contributed by atoms with van der Waals surface area (Å²) in [7, 11) is 0. The number of nitrogens with one attached hydrogen (secondary N) is 1. The molecule has 1 N–H and O–H groups in total. The zero-order valence-electron chi connectivity index (χ0n) is 17.3. The molecule has 6 heteroatoms. The van der Waals surface area contributed by atoms with E-state index in [2.05, 4.69) is 47.8 Å². The fraction of sp³-hybridized carbons (Fsp3) is 0.167. The van der Waals surface area contributed by atoms with E-state index in [0.717, 1.165) is 33.9 Å². The summed E-state index contributed by atoms with van der Waals surface area (Å²) < 4.78 is 2.16. The largest absolute Gasteiger partial charge is 0.318 e. The highest BCUT2D eigenvalue weighted by atomic mass is 35.5. The normalized spacial score (nSPS) is 16.5. The third kappa shape index (κ3) is 3.95. The van der Waals surface area contributed by atoms with Gasteiger partial charge < -0.3 is 9.88 Å². The molecule has 0 unspecified atom stereocenters. The van der Waals surface area contributed by atoms with Gasteiger partial charge in [-0.25, -0.2) is 4.99 Å². The van der Waals surface area contributed by atoms with Crippen molar-refractivity contribution in [1.82, 2.24) is 9.88 Å². The first-order valence-corrected chi connectivity index (χ1v) is 10.8. The Hall–Kier alpha value is -2.76. The summed E-state index contributed by atoms with van der Waals surface area (Å²) in [6.07, 6.45) is 1.93. The molecule has 1 fully saturated rings. The topological polar surface area (TPSA) is 46.4 Å². The molecule has 4 rings (SSSR count). The van der Waals surface area contributed by atoms with Gasteiger partial charge in [0, 0.05) is 22.1 Å². The molecule has 1 amide bonds. The summed E-state index contributed by atoms with van der Waals surface area (Å²) in [4.78, 5) is 17.8. The van der Waals surface area contributed by atoms with Gasteiger partial charge in [0.2, 0.25) is 0 Å². The summed E-state index contributed by atoms with van der Waals surface area (Å²) >= 11 is 7.39. The lowest BCUT2D eigenvalue weighted by Gasteiger charge is -2.09. The van der Waals surface area contributed by atoms with E-state index in [9.17, 15) is 4.79 Å². The Kier molecular flexibility index (Phi) is 5.58. The highest BCUT2D eigenvalue weighted by Crippen LogP contribution is 2.31. The molecular weight excluding hydrogens is 414 g/mol. The SMILES string of the molecule is Cc1cccc(N=C2NC(=O)/C(=C/c3cc(C)n(-c4ccc(Cl)cc4)c3C)S2)c1C. The molecule has 3 aromatic rings. The van der Waals surface area contributed by atoms with E-state index >= 15 is 0 Å². The van der Waals surface area contributed by atoms with Crippen molar-refractivity contribution >= 4 is 46.2 Å². The Bertz CT molecular complexity index is 1210. The van der Waals surface area contributed by atoms with Crippen LogP contribution in [0.15, 0.2) is 58.4 Å². The van der Waals surface area contributed by atoms with E-state index in [1.165, 1.54) is 17.3 Å². The highest BCUT2D eigenvalue weighted by molar-refractivity contribution is 8.18. The van der Waals surface area contributed by atoms with Gasteiger partial charge in [-0.1, -0.05) is 23.7 Å². The number of aromatic nitrogens is 1. The summed E-state index contributed by atoms with van der Waals surface area (Å²) in [6.45, 7) is 8.20. The average Bonchev–Trinajstić information content (AvgIpc) is 3.19. The Morgan fingerprint density at radius 2 is 1.80 bits per heavy atom. The summed E-state index contributed by atoms with van der Waals surface area (Å²) in [6, 6.07) is 15.8. The van der Waals surface area contributed by atoms with Crippen molar-refractivity contribution in [1.29, 1.82) is 0 Å². The summed E-state index contributed by atoms with van der Waals surface area (Å²) in [5, 5.41) is 4.19. The van der Waals surface area contributed by atoms with E-state index in [-0.39, 0.29) is 5.91 Å². The van der Waals surface area contributed by atoms with E-state index in [1.54, 1.807) is 0 Å². The van der Waals surface area contributed by atoms with Crippen LogP contribution in [-0.2, 0) is 4.79 Å². The predicted octanol–water partition coefficient (Wildman–Crippen LogP) is 6.26. The molecule has 1 aromatic heterocycles. The van der Waals surface area contributed by atoms with Crippen LogP contribution in [0.25, 0.3) is 11.8 Å². The predicted molar refractivity (Wildman–Crippen MR) is 127 cm³/mol. The quantitative estimate of drug-likeness (QED) is 0.494. The Morgan fingerprint density at radius 1 is 1.07 bits per heavy atom. The standard InChI is InChI=1S/C24H22ClN3OS/c1-14-6-5-7-21(16(14)3)26-24-27-23(29)22(30-24)13-18-12-15(2)28(17(18)4)20-10-8-19(25)9-11-20/h5-13H,1-4H3,(H,26,27,29)/b22-13-. The molecule has 1 saturated heterocycles. The summed E-state index contributed by atoms with van der Waals surface area (Å²) in [5.41, 5.74) is 7.37. The lowest BCUT2D eigenvalue weighted by molar-refractivity contribution is -0.115. The Morgan fingerprint density at radius 3 is 2.53 bits per heavy atom. The lowest BCUT2D eigenvalue weighted by atomic mass is 10.1. The van der Waals surface area contributed by atoms with Crippen molar-refractivity contribution in [3.8, 4) is 5.69 Å². The highest BCUT2D eigenvalue weighted by Gasteiger charge is 2.25. The van der Waals surface area contributed by atoms with Gasteiger partial charge in [-0.05, 0) is 98.6 Å². The molecular formula is C24H22ClN3OS. The zero-order valence-corrected chi connectivity index (χ0v) is 18.9. The first-order chi connectivity index (χ1) is 14.3. The molecule has 2 aromatic carbocycles. The van der Waals surface area contributed by atoms with E-state index < -0.39 is 0 Å². The number of thioether (sulfide) groups is 1. The minimum absolute atomic E-state index is 0.125. The van der Waals surface area contributed by atoms with Crippen molar-refractivity contribution in [2.75, 3.05) is 0 Å². The molecule has 30 heavy (non-hydrogen) atoms. The monoisotopic (exact) mass is 435 g/mol. The van der Waals surface area contributed by atoms with Crippen molar-refractivity contribution < 1.29 is 4.79 Å². The minimum Gasteiger partial charge on any atom is -0.318 e. The third-order valence-corrected chi connectivity index (χ3v) is 6.45. The van der Waals surface area contributed by atoms with Gasteiger partial charge in [-0.15, -0.1) is 0 Å². The number of benzene rings is 2. The van der Waals surface area contributed by atoms with Crippen molar-refractivity contribution in [3.05, 3.63) is 86.5 Å². The number of rotatable bonds is 3. The van der Waals surface area contributed by atoms with Gasteiger partial charge >= 0.3 is 0 Å². The average molecular weight is 436 g/mol.